The zero-order valence-corrected chi connectivity index (χ0v) is 12.9. The molecular formula is C11H15N3O2S3. The van der Waals surface area contributed by atoms with Crippen molar-refractivity contribution in [1.29, 1.82) is 0 Å². The van der Waals surface area contributed by atoms with Crippen molar-refractivity contribution in [3.63, 3.8) is 0 Å². The van der Waals surface area contributed by atoms with Crippen LogP contribution in [0.1, 0.15) is 11.8 Å². The van der Waals surface area contributed by atoms with Crippen molar-refractivity contribution in [2.24, 2.45) is 0 Å². The van der Waals surface area contributed by atoms with Crippen molar-refractivity contribution in [1.82, 2.24) is 10.3 Å². The molecule has 0 aromatic carbocycles. The van der Waals surface area contributed by atoms with Crippen molar-refractivity contribution in [2.75, 3.05) is 17.8 Å². The number of aromatic nitrogens is 1. The molecule has 2 aromatic heterocycles. The van der Waals surface area contributed by atoms with Gasteiger partial charge in [0.05, 0.1) is 0 Å². The normalized spacial score (nSPS) is 11.6. The molecule has 2 aromatic rings. The molecule has 0 spiro atoms. The molecule has 8 heteroatoms. The fraction of sp³-hybridized carbons (Fsp3) is 0.364. The van der Waals surface area contributed by atoms with Gasteiger partial charge in [0.25, 0.3) is 10.0 Å². The highest BCUT2D eigenvalue weighted by Crippen LogP contribution is 2.24. The zero-order chi connectivity index (χ0) is 13.7. The monoisotopic (exact) mass is 317 g/mol. The Hall–Kier alpha value is -0.960. The first kappa shape index (κ1) is 14.4. The quantitative estimate of drug-likeness (QED) is 0.768. The third-order valence-electron chi connectivity index (χ3n) is 2.35. The SMILES string of the molecule is CCNCCc1ccc(S(=O)(=O)Nc2nccs2)s1. The van der Waals surface area contributed by atoms with Gasteiger partial charge in [-0.2, -0.15) is 0 Å². The van der Waals surface area contributed by atoms with Gasteiger partial charge in [-0.05, 0) is 31.6 Å². The van der Waals surface area contributed by atoms with Crippen LogP contribution in [0.15, 0.2) is 27.9 Å². The Labute approximate surface area is 120 Å². The average molecular weight is 317 g/mol. The van der Waals surface area contributed by atoms with Gasteiger partial charge in [-0.15, -0.1) is 22.7 Å². The maximum absolute atomic E-state index is 12.1. The second kappa shape index (κ2) is 6.47. The zero-order valence-electron chi connectivity index (χ0n) is 10.4. The van der Waals surface area contributed by atoms with Crippen molar-refractivity contribution in [3.8, 4) is 0 Å². The topological polar surface area (TPSA) is 71.1 Å². The summed E-state index contributed by atoms with van der Waals surface area (Å²) in [6, 6.07) is 3.50. The van der Waals surface area contributed by atoms with Crippen LogP contribution in [0.25, 0.3) is 0 Å². The molecule has 0 unspecified atom stereocenters. The van der Waals surface area contributed by atoms with Crippen LogP contribution in [0, 0.1) is 0 Å². The van der Waals surface area contributed by atoms with E-state index in [2.05, 4.69) is 15.0 Å². The van der Waals surface area contributed by atoms with E-state index in [0.717, 1.165) is 24.4 Å². The van der Waals surface area contributed by atoms with Gasteiger partial charge in [-0.1, -0.05) is 6.92 Å². The lowest BCUT2D eigenvalue weighted by atomic mass is 10.3. The van der Waals surface area contributed by atoms with E-state index in [1.54, 1.807) is 17.6 Å². The van der Waals surface area contributed by atoms with Gasteiger partial charge in [0.15, 0.2) is 5.13 Å². The van der Waals surface area contributed by atoms with Crippen LogP contribution in [0.5, 0.6) is 0 Å². The molecule has 0 bridgehead atoms. The Kier molecular flexibility index (Phi) is 4.92. The fourth-order valence-electron chi connectivity index (χ4n) is 1.46. The molecule has 0 aliphatic carbocycles. The first-order chi connectivity index (χ1) is 9.12. The highest BCUT2D eigenvalue weighted by Gasteiger charge is 2.17. The van der Waals surface area contributed by atoms with E-state index in [1.807, 2.05) is 13.0 Å². The second-order valence-electron chi connectivity index (χ2n) is 3.77. The molecule has 104 valence electrons. The Bertz CT molecular complexity index is 605. The van der Waals surface area contributed by atoms with E-state index in [-0.39, 0.29) is 0 Å². The number of anilines is 1. The van der Waals surface area contributed by atoms with Gasteiger partial charge in [0.1, 0.15) is 4.21 Å². The minimum Gasteiger partial charge on any atom is -0.317 e. The van der Waals surface area contributed by atoms with Gasteiger partial charge in [-0.3, -0.25) is 4.72 Å². The molecule has 19 heavy (non-hydrogen) atoms. The molecule has 0 saturated heterocycles. The van der Waals surface area contributed by atoms with E-state index in [9.17, 15) is 8.42 Å². The molecule has 0 saturated carbocycles. The highest BCUT2D eigenvalue weighted by molar-refractivity contribution is 7.94. The first-order valence-electron chi connectivity index (χ1n) is 5.83. The third-order valence-corrected chi connectivity index (χ3v) is 6.15. The van der Waals surface area contributed by atoms with E-state index in [1.165, 1.54) is 22.7 Å². The molecule has 0 atom stereocenters. The predicted molar refractivity (Wildman–Crippen MR) is 79.5 cm³/mol. The van der Waals surface area contributed by atoms with Gasteiger partial charge >= 0.3 is 0 Å². The summed E-state index contributed by atoms with van der Waals surface area (Å²) in [5.74, 6) is 0. The molecule has 0 aliphatic heterocycles. The van der Waals surface area contributed by atoms with E-state index in [0.29, 0.717) is 9.34 Å². The minimum absolute atomic E-state index is 0.328. The summed E-state index contributed by atoms with van der Waals surface area (Å²) in [7, 11) is -3.50. The number of rotatable bonds is 7. The Morgan fingerprint density at radius 1 is 1.37 bits per heavy atom. The summed E-state index contributed by atoms with van der Waals surface area (Å²) >= 11 is 2.56. The largest absolute Gasteiger partial charge is 0.317 e. The molecule has 5 nitrogen and oxygen atoms in total. The van der Waals surface area contributed by atoms with Crippen LogP contribution < -0.4 is 10.0 Å². The van der Waals surface area contributed by atoms with Crippen molar-refractivity contribution >= 4 is 37.8 Å². The second-order valence-corrected chi connectivity index (χ2v) is 7.74. The molecule has 0 fully saturated rings. The number of nitrogens with one attached hydrogen (secondary N) is 2. The lowest BCUT2D eigenvalue weighted by Gasteiger charge is -2.01. The predicted octanol–water partition coefficient (Wildman–Crippen LogP) is 2.16. The van der Waals surface area contributed by atoms with Crippen molar-refractivity contribution < 1.29 is 8.42 Å². The van der Waals surface area contributed by atoms with Gasteiger partial charge < -0.3 is 5.32 Å². The third kappa shape index (κ3) is 4.00. The molecule has 2 heterocycles. The van der Waals surface area contributed by atoms with Crippen LogP contribution >= 0.6 is 22.7 Å². The number of hydrogen-bond donors (Lipinski definition) is 2. The number of thiazole rings is 1. The summed E-state index contributed by atoms with van der Waals surface area (Å²) in [6.07, 6.45) is 2.41. The summed E-state index contributed by atoms with van der Waals surface area (Å²) in [4.78, 5) is 4.97. The van der Waals surface area contributed by atoms with Gasteiger partial charge in [0, 0.05) is 16.5 Å². The van der Waals surface area contributed by atoms with Crippen LogP contribution in [-0.2, 0) is 16.4 Å². The van der Waals surface area contributed by atoms with Crippen LogP contribution in [-0.4, -0.2) is 26.5 Å². The van der Waals surface area contributed by atoms with Crippen LogP contribution in [0.2, 0.25) is 0 Å². The standard InChI is InChI=1S/C11H15N3O2S3/c1-2-12-6-5-9-3-4-10(18-9)19(15,16)14-11-13-7-8-17-11/h3-4,7-8,12H,2,5-6H2,1H3,(H,13,14). The van der Waals surface area contributed by atoms with Crippen molar-refractivity contribution in [3.05, 3.63) is 28.6 Å². The number of likely N-dealkylation sites (N-methyl/N-ethyl adjacent to an activating group) is 1. The lowest BCUT2D eigenvalue weighted by Crippen LogP contribution is -2.15. The van der Waals surface area contributed by atoms with E-state index >= 15 is 0 Å². The maximum Gasteiger partial charge on any atom is 0.273 e. The molecule has 0 aliphatic rings. The number of nitrogens with zero attached hydrogens (tertiary/aromatic N) is 1. The molecule has 0 radical (unpaired) electrons. The van der Waals surface area contributed by atoms with Gasteiger partial charge in [0.2, 0.25) is 0 Å². The summed E-state index contributed by atoms with van der Waals surface area (Å²) < 4.78 is 27.0. The smallest absolute Gasteiger partial charge is 0.273 e. The Morgan fingerprint density at radius 3 is 2.89 bits per heavy atom. The van der Waals surface area contributed by atoms with E-state index < -0.39 is 10.0 Å². The van der Waals surface area contributed by atoms with E-state index in [4.69, 9.17) is 0 Å². The summed E-state index contributed by atoms with van der Waals surface area (Å²) in [6.45, 7) is 3.82. The molecular weight excluding hydrogens is 302 g/mol. The molecule has 0 amide bonds. The summed E-state index contributed by atoms with van der Waals surface area (Å²) in [5.41, 5.74) is 0. The fourth-order valence-corrected chi connectivity index (χ4v) is 4.61. The molecule has 2 rings (SSSR count). The number of hydrogen-bond acceptors (Lipinski definition) is 6. The average Bonchev–Trinajstić information content (AvgIpc) is 3.00. The number of sulfonamides is 1. The Morgan fingerprint density at radius 2 is 2.21 bits per heavy atom. The minimum atomic E-state index is -3.50. The van der Waals surface area contributed by atoms with Crippen LogP contribution in [0.4, 0.5) is 5.13 Å². The van der Waals surface area contributed by atoms with Crippen LogP contribution in [0.3, 0.4) is 0 Å². The summed E-state index contributed by atoms with van der Waals surface area (Å²) in [5, 5.41) is 5.34. The first-order valence-corrected chi connectivity index (χ1v) is 9.01. The van der Waals surface area contributed by atoms with Crippen molar-refractivity contribution in [2.45, 2.75) is 17.6 Å². The van der Waals surface area contributed by atoms with Gasteiger partial charge in [-0.25, -0.2) is 13.4 Å². The number of thiophene rings is 1. The lowest BCUT2D eigenvalue weighted by molar-refractivity contribution is 0.603. The highest BCUT2D eigenvalue weighted by atomic mass is 32.2. The Balaban J connectivity index is 2.04. The molecule has 2 N–H and O–H groups in total. The maximum atomic E-state index is 12.1.